The summed E-state index contributed by atoms with van der Waals surface area (Å²) in [7, 11) is 3.17. The van der Waals surface area contributed by atoms with Gasteiger partial charge in [-0.15, -0.1) is 0 Å². The second-order valence-electron chi connectivity index (χ2n) is 7.91. The van der Waals surface area contributed by atoms with Crippen LogP contribution in [0.5, 0.6) is 11.5 Å². The van der Waals surface area contributed by atoms with Gasteiger partial charge in [-0.25, -0.2) is 4.79 Å². The van der Waals surface area contributed by atoms with E-state index in [1.807, 2.05) is 36.6 Å². The van der Waals surface area contributed by atoms with E-state index in [0.29, 0.717) is 30.0 Å². The molecule has 35 heavy (non-hydrogen) atoms. The number of nitro groups is 1. The molecule has 10 heteroatoms. The predicted octanol–water partition coefficient (Wildman–Crippen LogP) is 3.89. The summed E-state index contributed by atoms with van der Waals surface area (Å²) < 4.78 is 17.8. The van der Waals surface area contributed by atoms with Gasteiger partial charge in [-0.2, -0.15) is 0 Å². The van der Waals surface area contributed by atoms with Gasteiger partial charge in [0.25, 0.3) is 5.69 Å². The van der Waals surface area contributed by atoms with Crippen LogP contribution in [-0.2, 0) is 17.7 Å². The molecule has 3 rings (SSSR count). The minimum absolute atomic E-state index is 0.0564. The largest absolute Gasteiger partial charge is 0.493 e. The van der Waals surface area contributed by atoms with Crippen LogP contribution in [0.1, 0.15) is 37.7 Å². The van der Waals surface area contributed by atoms with Crippen LogP contribution >= 0.6 is 0 Å². The van der Waals surface area contributed by atoms with Crippen molar-refractivity contribution in [2.75, 3.05) is 26.6 Å². The van der Waals surface area contributed by atoms with E-state index in [0.717, 1.165) is 23.0 Å². The Morgan fingerprint density at radius 2 is 1.74 bits per heavy atom. The number of Topliss-reactive ketones (excluding diaryl/α,β-unsaturated/α-hetero) is 1. The Labute approximate surface area is 202 Å². The molecule has 0 aliphatic rings. The molecule has 0 saturated carbocycles. The van der Waals surface area contributed by atoms with Gasteiger partial charge in [0.2, 0.25) is 5.78 Å². The average molecular weight is 482 g/mol. The summed E-state index contributed by atoms with van der Waals surface area (Å²) in [5.74, 6) is 0.0909. The molecule has 0 spiro atoms. The number of nitrogens with zero attached hydrogens (tertiary/aromatic N) is 2. The number of aromatic nitrogens is 1. The summed E-state index contributed by atoms with van der Waals surface area (Å²) in [5.41, 5.74) is 8.18. The number of hydrogen-bond donors (Lipinski definition) is 1. The molecule has 0 saturated heterocycles. The normalized spacial score (nSPS) is 10.6. The molecule has 0 aliphatic carbocycles. The van der Waals surface area contributed by atoms with Crippen LogP contribution in [0.4, 0.5) is 11.4 Å². The minimum atomic E-state index is -0.844. The quantitative estimate of drug-likeness (QED) is 0.151. The highest BCUT2D eigenvalue weighted by Gasteiger charge is 2.20. The van der Waals surface area contributed by atoms with E-state index in [4.69, 9.17) is 19.9 Å². The highest BCUT2D eigenvalue weighted by atomic mass is 16.6. The number of carbonyl (C=O) groups is 2. The molecule has 2 N–H and O–H groups in total. The highest BCUT2D eigenvalue weighted by Crippen LogP contribution is 2.28. The first-order valence-corrected chi connectivity index (χ1v) is 10.8. The van der Waals surface area contributed by atoms with Crippen molar-refractivity contribution in [3.05, 3.63) is 80.7 Å². The van der Waals surface area contributed by atoms with E-state index in [9.17, 15) is 19.7 Å². The number of hydrogen-bond acceptors (Lipinski definition) is 8. The maximum absolute atomic E-state index is 12.8. The molecule has 184 valence electrons. The van der Waals surface area contributed by atoms with Gasteiger partial charge in [0.1, 0.15) is 5.69 Å². The third-order valence-electron chi connectivity index (χ3n) is 5.74. The number of methoxy groups -OCH3 is 2. The lowest BCUT2D eigenvalue weighted by molar-refractivity contribution is -0.383. The molecule has 0 fully saturated rings. The Bertz CT molecular complexity index is 1280. The Morgan fingerprint density at radius 3 is 2.40 bits per heavy atom. The molecule has 0 aliphatic heterocycles. The Balaban J connectivity index is 1.67. The lowest BCUT2D eigenvalue weighted by Crippen LogP contribution is -2.15. The summed E-state index contributed by atoms with van der Waals surface area (Å²) >= 11 is 0. The van der Waals surface area contributed by atoms with Crippen molar-refractivity contribution in [3.8, 4) is 11.5 Å². The lowest BCUT2D eigenvalue weighted by Gasteiger charge is -2.12. The van der Waals surface area contributed by atoms with Gasteiger partial charge in [0, 0.05) is 29.6 Å². The first-order valence-electron chi connectivity index (χ1n) is 10.8. The zero-order chi connectivity index (χ0) is 25.7. The smallest absolute Gasteiger partial charge is 0.338 e. The van der Waals surface area contributed by atoms with Gasteiger partial charge in [-0.3, -0.25) is 14.9 Å². The van der Waals surface area contributed by atoms with E-state index in [1.54, 1.807) is 20.3 Å². The molecule has 0 atom stereocenters. The van der Waals surface area contributed by atoms with Crippen molar-refractivity contribution >= 4 is 23.1 Å². The fourth-order valence-corrected chi connectivity index (χ4v) is 3.83. The molecule has 3 aromatic rings. The average Bonchev–Trinajstić information content (AvgIpc) is 3.13. The van der Waals surface area contributed by atoms with Gasteiger partial charge in [-0.05, 0) is 56.2 Å². The molecular weight excluding hydrogens is 454 g/mol. The van der Waals surface area contributed by atoms with Crippen LogP contribution in [0.3, 0.4) is 0 Å². The molecule has 1 aromatic heterocycles. The summed E-state index contributed by atoms with van der Waals surface area (Å²) in [4.78, 5) is 35.4. The van der Waals surface area contributed by atoms with E-state index in [-0.39, 0.29) is 17.0 Å². The number of nitro benzene ring substituents is 1. The van der Waals surface area contributed by atoms with Crippen molar-refractivity contribution in [2.24, 2.45) is 0 Å². The third kappa shape index (κ3) is 5.60. The van der Waals surface area contributed by atoms with Crippen LogP contribution in [0.25, 0.3) is 0 Å². The number of aryl methyl sites for hydroxylation is 2. The van der Waals surface area contributed by atoms with E-state index >= 15 is 0 Å². The van der Waals surface area contributed by atoms with Crippen LogP contribution in [-0.4, -0.2) is 42.1 Å². The standard InChI is InChI=1S/C25H27N3O7/c1-15-11-19(16(2)27(15)10-9-17-5-8-23(33-3)24(12-17)34-4)22(29)14-35-25(30)18-6-7-20(26)21(13-18)28(31)32/h5-8,11-13H,9-10,14,26H2,1-4H3. The first kappa shape index (κ1) is 25.3. The van der Waals surface area contributed by atoms with Crippen molar-refractivity contribution in [1.82, 2.24) is 4.57 Å². The minimum Gasteiger partial charge on any atom is -0.493 e. The number of carbonyl (C=O) groups excluding carboxylic acids is 2. The molecule has 0 unspecified atom stereocenters. The Hall–Kier alpha value is -4.34. The number of ketones is 1. The van der Waals surface area contributed by atoms with Crippen LogP contribution in [0, 0.1) is 24.0 Å². The van der Waals surface area contributed by atoms with Gasteiger partial charge in [0.05, 0.1) is 24.7 Å². The molecule has 2 aromatic carbocycles. The van der Waals surface area contributed by atoms with Crippen LogP contribution in [0.2, 0.25) is 0 Å². The number of nitrogens with two attached hydrogens (primary N) is 1. The zero-order valence-corrected chi connectivity index (χ0v) is 20.0. The van der Waals surface area contributed by atoms with Gasteiger partial charge in [-0.1, -0.05) is 6.07 Å². The monoisotopic (exact) mass is 481 g/mol. The molecule has 1 heterocycles. The molecule has 10 nitrogen and oxygen atoms in total. The maximum Gasteiger partial charge on any atom is 0.338 e. The number of esters is 1. The zero-order valence-electron chi connectivity index (χ0n) is 20.0. The topological polar surface area (TPSA) is 136 Å². The van der Waals surface area contributed by atoms with Crippen molar-refractivity contribution in [3.63, 3.8) is 0 Å². The van der Waals surface area contributed by atoms with E-state index in [2.05, 4.69) is 0 Å². The van der Waals surface area contributed by atoms with E-state index in [1.165, 1.54) is 12.1 Å². The molecular formula is C25H27N3O7. The summed E-state index contributed by atoms with van der Waals surface area (Å²) in [5, 5.41) is 11.0. The Morgan fingerprint density at radius 1 is 1.03 bits per heavy atom. The molecule has 0 bridgehead atoms. The number of ether oxygens (including phenoxy) is 3. The van der Waals surface area contributed by atoms with Gasteiger partial charge in [0.15, 0.2) is 18.1 Å². The number of rotatable bonds is 10. The lowest BCUT2D eigenvalue weighted by atomic mass is 10.1. The first-order chi connectivity index (χ1) is 16.7. The van der Waals surface area contributed by atoms with Crippen molar-refractivity contribution in [2.45, 2.75) is 26.8 Å². The molecule has 0 radical (unpaired) electrons. The van der Waals surface area contributed by atoms with Crippen LogP contribution in [0.15, 0.2) is 42.5 Å². The highest BCUT2D eigenvalue weighted by molar-refractivity contribution is 6.00. The SMILES string of the molecule is COc1ccc(CCn2c(C)cc(C(=O)COC(=O)c3ccc(N)c([N+](=O)[O-])c3)c2C)cc1OC. The van der Waals surface area contributed by atoms with Crippen molar-refractivity contribution in [1.29, 1.82) is 0 Å². The number of nitrogen functional groups attached to an aromatic ring is 1. The summed E-state index contributed by atoms with van der Waals surface area (Å²) in [6.45, 7) is 3.88. The maximum atomic E-state index is 12.8. The summed E-state index contributed by atoms with van der Waals surface area (Å²) in [6.07, 6.45) is 0.704. The molecule has 0 amide bonds. The van der Waals surface area contributed by atoms with Crippen molar-refractivity contribution < 1.29 is 28.7 Å². The fraction of sp³-hybridized carbons (Fsp3) is 0.280. The second kappa shape index (κ2) is 10.7. The fourth-order valence-electron chi connectivity index (χ4n) is 3.83. The second-order valence-corrected chi connectivity index (χ2v) is 7.91. The predicted molar refractivity (Wildman–Crippen MR) is 129 cm³/mol. The van der Waals surface area contributed by atoms with Crippen LogP contribution < -0.4 is 15.2 Å². The number of anilines is 1. The van der Waals surface area contributed by atoms with E-state index < -0.39 is 23.2 Å². The summed E-state index contributed by atoms with van der Waals surface area (Å²) in [6, 6.07) is 11.1. The third-order valence-corrected chi connectivity index (χ3v) is 5.74. The van der Waals surface area contributed by atoms with Gasteiger partial charge < -0.3 is 24.5 Å². The number of benzene rings is 2. The Kier molecular flexibility index (Phi) is 7.75. The van der Waals surface area contributed by atoms with Gasteiger partial charge >= 0.3 is 5.97 Å².